The predicted molar refractivity (Wildman–Crippen MR) is 102 cm³/mol. The van der Waals surface area contributed by atoms with Crippen LogP contribution in [0.15, 0.2) is 48.7 Å². The normalized spacial score (nSPS) is 10.9. The van der Waals surface area contributed by atoms with E-state index in [4.69, 9.17) is 11.6 Å². The second kappa shape index (κ2) is 7.55. The van der Waals surface area contributed by atoms with Gasteiger partial charge in [-0.25, -0.2) is 4.52 Å². The van der Waals surface area contributed by atoms with Crippen molar-refractivity contribution in [2.75, 3.05) is 31.3 Å². The first-order chi connectivity index (χ1) is 12.4. The molecule has 2 N–H and O–H groups in total. The van der Waals surface area contributed by atoms with E-state index in [1.165, 1.54) is 0 Å². The van der Waals surface area contributed by atoms with Gasteiger partial charge in [-0.3, -0.25) is 9.59 Å². The van der Waals surface area contributed by atoms with Crippen LogP contribution in [0.25, 0.3) is 5.52 Å². The summed E-state index contributed by atoms with van der Waals surface area (Å²) in [6.07, 6.45) is 1.73. The van der Waals surface area contributed by atoms with E-state index in [-0.39, 0.29) is 17.5 Å². The average molecular weight is 372 g/mol. The van der Waals surface area contributed by atoms with Gasteiger partial charge in [-0.05, 0) is 56.6 Å². The Kier molecular flexibility index (Phi) is 5.20. The summed E-state index contributed by atoms with van der Waals surface area (Å²) < 4.78 is 1.56. The molecule has 0 aliphatic carbocycles. The van der Waals surface area contributed by atoms with Crippen molar-refractivity contribution in [3.05, 3.63) is 59.4 Å². The summed E-state index contributed by atoms with van der Waals surface area (Å²) in [4.78, 5) is 25.9. The van der Waals surface area contributed by atoms with Crippen LogP contribution in [-0.4, -0.2) is 47.0 Å². The van der Waals surface area contributed by atoms with Crippen molar-refractivity contribution in [3.63, 3.8) is 0 Å². The van der Waals surface area contributed by atoms with E-state index in [1.807, 2.05) is 14.1 Å². The highest BCUT2D eigenvalue weighted by Gasteiger charge is 2.13. The molecular formula is C18H18ClN5O2. The average Bonchev–Trinajstić information content (AvgIpc) is 3.02. The Hall–Kier alpha value is -2.90. The summed E-state index contributed by atoms with van der Waals surface area (Å²) >= 11 is 6.10. The highest BCUT2D eigenvalue weighted by atomic mass is 35.5. The molecule has 0 fully saturated rings. The topological polar surface area (TPSA) is 78.7 Å². The first-order valence-electron chi connectivity index (χ1n) is 7.92. The fraction of sp³-hybridized carbons (Fsp3) is 0.167. The van der Waals surface area contributed by atoms with Gasteiger partial charge in [-0.2, -0.15) is 5.10 Å². The number of anilines is 2. The third-order valence-corrected chi connectivity index (χ3v) is 3.89. The lowest BCUT2D eigenvalue weighted by Gasteiger charge is -2.10. The van der Waals surface area contributed by atoms with Crippen LogP contribution < -0.4 is 10.6 Å². The first kappa shape index (κ1) is 17.9. The number of hydrogen-bond acceptors (Lipinski definition) is 4. The molecule has 0 bridgehead atoms. The molecule has 3 rings (SSSR count). The molecule has 0 aliphatic rings. The number of likely N-dealkylation sites (N-methyl/N-ethyl adjacent to an activating group) is 1. The van der Waals surface area contributed by atoms with Crippen LogP contribution in [0, 0.1) is 0 Å². The van der Waals surface area contributed by atoms with Crippen LogP contribution in [-0.2, 0) is 4.79 Å². The number of nitrogens with zero attached hydrogens (tertiary/aromatic N) is 3. The van der Waals surface area contributed by atoms with Gasteiger partial charge in [0.1, 0.15) is 0 Å². The highest BCUT2D eigenvalue weighted by Crippen LogP contribution is 2.19. The molecule has 1 aromatic carbocycles. The molecule has 0 radical (unpaired) electrons. The van der Waals surface area contributed by atoms with Gasteiger partial charge >= 0.3 is 0 Å². The minimum Gasteiger partial charge on any atom is -0.325 e. The largest absolute Gasteiger partial charge is 0.325 e. The summed E-state index contributed by atoms with van der Waals surface area (Å²) in [5.41, 5.74) is 2.19. The molecule has 2 heterocycles. The third kappa shape index (κ3) is 4.19. The Balaban J connectivity index is 1.67. The second-order valence-corrected chi connectivity index (χ2v) is 6.44. The molecule has 0 saturated carbocycles. The lowest BCUT2D eigenvalue weighted by atomic mass is 10.2. The Morgan fingerprint density at radius 1 is 1.12 bits per heavy atom. The molecule has 2 aromatic heterocycles. The molecule has 0 aliphatic heterocycles. The summed E-state index contributed by atoms with van der Waals surface area (Å²) in [6, 6.07) is 12.0. The summed E-state index contributed by atoms with van der Waals surface area (Å²) in [5, 5.41) is 10.3. The molecule has 0 unspecified atom stereocenters. The number of nitrogens with one attached hydrogen (secondary N) is 2. The van der Waals surface area contributed by atoms with Crippen molar-refractivity contribution in [3.8, 4) is 0 Å². The number of carbonyl (C=O) groups excluding carboxylic acids is 2. The van der Waals surface area contributed by atoms with Crippen LogP contribution >= 0.6 is 11.6 Å². The molecule has 7 nitrogen and oxygen atoms in total. The van der Waals surface area contributed by atoms with E-state index < -0.39 is 0 Å². The van der Waals surface area contributed by atoms with Crippen molar-refractivity contribution in [1.82, 2.24) is 14.5 Å². The molecule has 0 saturated heterocycles. The van der Waals surface area contributed by atoms with Crippen LogP contribution in [0.1, 0.15) is 10.5 Å². The van der Waals surface area contributed by atoms with Gasteiger partial charge < -0.3 is 15.5 Å². The second-order valence-electron chi connectivity index (χ2n) is 6.03. The van der Waals surface area contributed by atoms with Crippen molar-refractivity contribution in [2.45, 2.75) is 0 Å². The number of aromatic nitrogens is 2. The van der Waals surface area contributed by atoms with Gasteiger partial charge in [0.15, 0.2) is 5.69 Å². The van der Waals surface area contributed by atoms with Gasteiger partial charge in [-0.15, -0.1) is 0 Å². The standard InChI is InChI=1S/C18H18ClN5O2/c1-23(2)11-17(25)20-12-5-7-13(8-6-12)21-18(26)15-10-16-14(19)4-3-9-24(16)22-15/h3-10H,11H2,1-2H3,(H,20,25)(H,21,26). The Bertz CT molecular complexity index is 950. The van der Waals surface area contributed by atoms with Crippen molar-refractivity contribution in [2.24, 2.45) is 0 Å². The lowest BCUT2D eigenvalue weighted by molar-refractivity contribution is -0.116. The number of hydrogen-bond donors (Lipinski definition) is 2. The summed E-state index contributed by atoms with van der Waals surface area (Å²) in [6.45, 7) is 0.301. The minimum absolute atomic E-state index is 0.103. The highest BCUT2D eigenvalue weighted by molar-refractivity contribution is 6.33. The van der Waals surface area contributed by atoms with E-state index in [0.29, 0.717) is 28.5 Å². The van der Waals surface area contributed by atoms with Crippen LogP contribution in [0.4, 0.5) is 11.4 Å². The smallest absolute Gasteiger partial charge is 0.276 e. The van der Waals surface area contributed by atoms with E-state index >= 15 is 0 Å². The van der Waals surface area contributed by atoms with Crippen LogP contribution in [0.3, 0.4) is 0 Å². The SMILES string of the molecule is CN(C)CC(=O)Nc1ccc(NC(=O)c2cc3c(Cl)cccn3n2)cc1. The Morgan fingerprint density at radius 3 is 2.38 bits per heavy atom. The maximum atomic E-state index is 12.4. The Labute approximate surface area is 155 Å². The Morgan fingerprint density at radius 2 is 1.77 bits per heavy atom. The quantitative estimate of drug-likeness (QED) is 0.722. The lowest BCUT2D eigenvalue weighted by Crippen LogP contribution is -2.27. The van der Waals surface area contributed by atoms with Gasteiger partial charge in [0.2, 0.25) is 5.91 Å². The molecule has 0 spiro atoms. The zero-order chi connectivity index (χ0) is 18.7. The maximum absolute atomic E-state index is 12.4. The number of halogens is 1. The van der Waals surface area contributed by atoms with E-state index in [9.17, 15) is 9.59 Å². The zero-order valence-electron chi connectivity index (χ0n) is 14.4. The fourth-order valence-corrected chi connectivity index (χ4v) is 2.63. The number of benzene rings is 1. The van der Waals surface area contributed by atoms with Crippen LogP contribution in [0.2, 0.25) is 5.02 Å². The monoisotopic (exact) mass is 371 g/mol. The predicted octanol–water partition coefficient (Wildman–Crippen LogP) is 2.74. The first-order valence-corrected chi connectivity index (χ1v) is 8.30. The molecule has 26 heavy (non-hydrogen) atoms. The molecule has 8 heteroatoms. The van der Waals surface area contributed by atoms with Crippen molar-refractivity contribution < 1.29 is 9.59 Å². The number of fused-ring (bicyclic) bond motifs is 1. The maximum Gasteiger partial charge on any atom is 0.276 e. The van der Waals surface area contributed by atoms with Crippen molar-refractivity contribution in [1.29, 1.82) is 0 Å². The molecule has 2 amide bonds. The summed E-state index contributed by atoms with van der Waals surface area (Å²) in [5.74, 6) is -0.442. The van der Waals surface area contributed by atoms with E-state index in [1.54, 1.807) is 58.1 Å². The van der Waals surface area contributed by atoms with Crippen LogP contribution in [0.5, 0.6) is 0 Å². The van der Waals surface area contributed by atoms with Gasteiger partial charge in [0.05, 0.1) is 17.1 Å². The van der Waals surface area contributed by atoms with Gasteiger partial charge in [0.25, 0.3) is 5.91 Å². The minimum atomic E-state index is -0.339. The number of amides is 2. The van der Waals surface area contributed by atoms with Gasteiger partial charge in [-0.1, -0.05) is 11.6 Å². The zero-order valence-corrected chi connectivity index (χ0v) is 15.1. The molecular weight excluding hydrogens is 354 g/mol. The van der Waals surface area contributed by atoms with E-state index in [0.717, 1.165) is 0 Å². The number of carbonyl (C=O) groups is 2. The molecule has 0 atom stereocenters. The van der Waals surface area contributed by atoms with E-state index in [2.05, 4.69) is 15.7 Å². The summed E-state index contributed by atoms with van der Waals surface area (Å²) in [7, 11) is 3.65. The third-order valence-electron chi connectivity index (χ3n) is 3.57. The molecule has 3 aromatic rings. The number of rotatable bonds is 5. The number of pyridine rings is 1. The fourth-order valence-electron chi connectivity index (χ4n) is 2.41. The van der Waals surface area contributed by atoms with Gasteiger partial charge in [0, 0.05) is 17.6 Å². The van der Waals surface area contributed by atoms with Crippen molar-refractivity contribution >= 4 is 40.3 Å². The molecule has 134 valence electrons.